The number of carbonyl (C=O) groups excluding carboxylic acids is 1. The minimum Gasteiger partial charge on any atom is -0.491 e. The highest BCUT2D eigenvalue weighted by Crippen LogP contribution is 2.11. The Kier molecular flexibility index (Phi) is 10.6. The van der Waals surface area contributed by atoms with Crippen LogP contribution in [0, 0.1) is 0 Å². The summed E-state index contributed by atoms with van der Waals surface area (Å²) in [6.07, 6.45) is 0.198. The van der Waals surface area contributed by atoms with Gasteiger partial charge in [0.2, 0.25) is 0 Å². The Morgan fingerprint density at radius 1 is 0.917 bits per heavy atom. The Morgan fingerprint density at radius 2 is 1.50 bits per heavy atom. The minimum absolute atomic E-state index is 0.198. The third kappa shape index (κ3) is 9.34. The molecule has 0 bridgehead atoms. The fourth-order valence-corrected chi connectivity index (χ4v) is 1.75. The van der Waals surface area contributed by atoms with E-state index in [9.17, 15) is 9.59 Å². The lowest BCUT2D eigenvalue weighted by Crippen LogP contribution is -2.14. The Bertz CT molecular complexity index is 490. The molecule has 0 unspecified atom stereocenters. The molecule has 0 saturated heterocycles. The number of ether oxygens (including phenoxy) is 4. The molecule has 1 N–H and O–H groups in total. The first kappa shape index (κ1) is 20.2. The molecule has 7 nitrogen and oxygen atoms in total. The molecule has 0 aliphatic heterocycles. The summed E-state index contributed by atoms with van der Waals surface area (Å²) in [6, 6.07) is 6.15. The first-order valence-corrected chi connectivity index (χ1v) is 8.00. The van der Waals surface area contributed by atoms with E-state index in [0.29, 0.717) is 38.8 Å². The average Bonchev–Trinajstić information content (AvgIpc) is 2.57. The highest BCUT2D eigenvalue weighted by Gasteiger charge is 2.02. The number of hydrogen-bond donors (Lipinski definition) is 1. The molecule has 0 aliphatic carbocycles. The zero-order valence-electron chi connectivity index (χ0n) is 13.2. The predicted octanol–water partition coefficient (Wildman–Crippen LogP) is 1.97. The van der Waals surface area contributed by atoms with Gasteiger partial charge in [0.25, 0.3) is 0 Å². The lowest BCUT2D eigenvalue weighted by Gasteiger charge is -2.08. The molecular formula is C16H21ClO7. The number of carbonyl (C=O) groups is 2. The molecule has 0 fully saturated rings. The number of alkyl halides is 1. The first-order valence-electron chi connectivity index (χ1n) is 7.46. The summed E-state index contributed by atoms with van der Waals surface area (Å²) in [5.74, 6) is -0.477. The van der Waals surface area contributed by atoms with Gasteiger partial charge in [-0.25, -0.2) is 4.79 Å². The summed E-state index contributed by atoms with van der Waals surface area (Å²) in [6.45, 7) is 2.03. The minimum atomic E-state index is -0.973. The van der Waals surface area contributed by atoms with Crippen LogP contribution in [0.2, 0.25) is 0 Å². The monoisotopic (exact) mass is 360 g/mol. The number of carboxylic acids is 1. The topological polar surface area (TPSA) is 91.3 Å². The van der Waals surface area contributed by atoms with E-state index in [2.05, 4.69) is 0 Å². The van der Waals surface area contributed by atoms with E-state index in [1.807, 2.05) is 0 Å². The second-order valence-corrected chi connectivity index (χ2v) is 4.94. The molecule has 0 amide bonds. The standard InChI is InChI=1S/C16H21ClO7/c17-6-5-15(18)24-12-10-22-8-7-21-9-11-23-14-3-1-13(2-4-14)16(19)20/h1-4H,5-12H2,(H,19,20). The normalized spacial score (nSPS) is 10.4. The predicted molar refractivity (Wildman–Crippen MR) is 86.8 cm³/mol. The van der Waals surface area contributed by atoms with Gasteiger partial charge in [0.15, 0.2) is 0 Å². The van der Waals surface area contributed by atoms with Crippen molar-refractivity contribution in [3.63, 3.8) is 0 Å². The van der Waals surface area contributed by atoms with E-state index in [0.717, 1.165) is 0 Å². The zero-order chi connectivity index (χ0) is 17.6. The number of aromatic carboxylic acids is 1. The summed E-state index contributed by atoms with van der Waals surface area (Å²) >= 11 is 5.40. The quantitative estimate of drug-likeness (QED) is 0.326. The number of rotatable bonds is 13. The van der Waals surface area contributed by atoms with Crippen molar-refractivity contribution in [1.29, 1.82) is 0 Å². The number of carboxylic acid groups (broad SMARTS) is 1. The van der Waals surface area contributed by atoms with Crippen molar-refractivity contribution in [3.8, 4) is 5.75 Å². The molecule has 0 aliphatic rings. The van der Waals surface area contributed by atoms with Gasteiger partial charge >= 0.3 is 11.9 Å². The molecule has 0 radical (unpaired) electrons. The molecule has 1 aromatic rings. The van der Waals surface area contributed by atoms with E-state index in [1.165, 1.54) is 12.1 Å². The largest absolute Gasteiger partial charge is 0.491 e. The molecule has 0 heterocycles. The average molecular weight is 361 g/mol. The highest BCUT2D eigenvalue weighted by molar-refractivity contribution is 6.18. The van der Waals surface area contributed by atoms with Gasteiger partial charge in [0.1, 0.15) is 19.0 Å². The molecular weight excluding hydrogens is 340 g/mol. The number of halogens is 1. The van der Waals surface area contributed by atoms with Crippen LogP contribution in [0.1, 0.15) is 16.8 Å². The van der Waals surface area contributed by atoms with Crippen LogP contribution in [-0.4, -0.2) is 62.6 Å². The van der Waals surface area contributed by atoms with Gasteiger partial charge < -0.3 is 24.1 Å². The van der Waals surface area contributed by atoms with Gasteiger partial charge in [-0.1, -0.05) is 0 Å². The second-order valence-electron chi connectivity index (χ2n) is 4.56. The van der Waals surface area contributed by atoms with Crippen molar-refractivity contribution in [1.82, 2.24) is 0 Å². The molecule has 24 heavy (non-hydrogen) atoms. The van der Waals surface area contributed by atoms with Crippen LogP contribution in [0.3, 0.4) is 0 Å². The fourth-order valence-electron chi connectivity index (χ4n) is 1.60. The van der Waals surface area contributed by atoms with E-state index < -0.39 is 5.97 Å². The van der Waals surface area contributed by atoms with Gasteiger partial charge in [0.05, 0.1) is 38.4 Å². The Hall–Kier alpha value is -1.83. The summed E-state index contributed by atoms with van der Waals surface area (Å²) in [4.78, 5) is 21.7. The second kappa shape index (κ2) is 12.6. The van der Waals surface area contributed by atoms with Crippen molar-refractivity contribution in [2.75, 3.05) is 45.5 Å². The van der Waals surface area contributed by atoms with Gasteiger partial charge in [-0.3, -0.25) is 4.79 Å². The van der Waals surface area contributed by atoms with Crippen LogP contribution >= 0.6 is 11.6 Å². The van der Waals surface area contributed by atoms with Crippen LogP contribution in [0.4, 0.5) is 0 Å². The van der Waals surface area contributed by atoms with Gasteiger partial charge in [0, 0.05) is 5.88 Å². The van der Waals surface area contributed by atoms with Gasteiger partial charge in [-0.05, 0) is 24.3 Å². The van der Waals surface area contributed by atoms with E-state index in [4.69, 9.17) is 35.7 Å². The number of hydrogen-bond acceptors (Lipinski definition) is 6. The molecule has 8 heteroatoms. The van der Waals surface area contributed by atoms with Crippen molar-refractivity contribution in [2.24, 2.45) is 0 Å². The lowest BCUT2D eigenvalue weighted by molar-refractivity contribution is -0.144. The Morgan fingerprint density at radius 3 is 2.08 bits per heavy atom. The Balaban J connectivity index is 1.93. The van der Waals surface area contributed by atoms with Crippen molar-refractivity contribution in [2.45, 2.75) is 6.42 Å². The van der Waals surface area contributed by atoms with E-state index in [1.54, 1.807) is 12.1 Å². The van der Waals surface area contributed by atoms with Gasteiger partial charge in [-0.2, -0.15) is 0 Å². The van der Waals surface area contributed by atoms with Crippen LogP contribution in [0.5, 0.6) is 5.75 Å². The van der Waals surface area contributed by atoms with Crippen LogP contribution in [0.15, 0.2) is 24.3 Å². The number of benzene rings is 1. The zero-order valence-corrected chi connectivity index (χ0v) is 14.0. The Labute approximate surface area is 145 Å². The smallest absolute Gasteiger partial charge is 0.335 e. The molecule has 0 saturated carbocycles. The molecule has 134 valence electrons. The molecule has 1 rings (SSSR count). The maximum absolute atomic E-state index is 11.0. The van der Waals surface area contributed by atoms with Crippen LogP contribution < -0.4 is 4.74 Å². The third-order valence-corrected chi connectivity index (χ3v) is 2.95. The fraction of sp³-hybridized carbons (Fsp3) is 0.500. The SMILES string of the molecule is O=C(CCCl)OCCOCCOCCOc1ccc(C(=O)O)cc1. The van der Waals surface area contributed by atoms with Crippen molar-refractivity contribution >= 4 is 23.5 Å². The maximum atomic E-state index is 11.0. The highest BCUT2D eigenvalue weighted by atomic mass is 35.5. The molecule has 1 aromatic carbocycles. The molecule has 0 atom stereocenters. The number of esters is 1. The maximum Gasteiger partial charge on any atom is 0.335 e. The van der Waals surface area contributed by atoms with E-state index in [-0.39, 0.29) is 30.4 Å². The molecule has 0 spiro atoms. The summed E-state index contributed by atoms with van der Waals surface area (Å²) in [5.41, 5.74) is 0.212. The van der Waals surface area contributed by atoms with E-state index >= 15 is 0 Å². The summed E-state index contributed by atoms with van der Waals surface area (Å²) < 4.78 is 20.8. The van der Waals surface area contributed by atoms with Crippen molar-refractivity contribution in [3.05, 3.63) is 29.8 Å². The summed E-state index contributed by atoms with van der Waals surface area (Å²) in [7, 11) is 0. The lowest BCUT2D eigenvalue weighted by atomic mass is 10.2. The third-order valence-electron chi connectivity index (χ3n) is 2.76. The van der Waals surface area contributed by atoms with Crippen LogP contribution in [0.25, 0.3) is 0 Å². The first-order chi connectivity index (χ1) is 11.6. The van der Waals surface area contributed by atoms with Crippen molar-refractivity contribution < 1.29 is 33.6 Å². The summed E-state index contributed by atoms with van der Waals surface area (Å²) in [5, 5.41) is 8.77. The molecule has 0 aromatic heterocycles. The van der Waals surface area contributed by atoms with Crippen LogP contribution in [-0.2, 0) is 19.0 Å². The van der Waals surface area contributed by atoms with Gasteiger partial charge in [-0.15, -0.1) is 11.6 Å².